The van der Waals surface area contributed by atoms with Gasteiger partial charge in [0.25, 0.3) is 0 Å². The van der Waals surface area contributed by atoms with Crippen molar-refractivity contribution in [2.24, 2.45) is 5.41 Å². The lowest BCUT2D eigenvalue weighted by molar-refractivity contribution is 0.0785. The molecule has 6 nitrogen and oxygen atoms in total. The molecule has 0 unspecified atom stereocenters. The van der Waals surface area contributed by atoms with Crippen LogP contribution in [0.2, 0.25) is 0 Å². The molecule has 1 saturated carbocycles. The van der Waals surface area contributed by atoms with Gasteiger partial charge in [-0.25, -0.2) is 4.39 Å². The van der Waals surface area contributed by atoms with Crippen molar-refractivity contribution in [3.8, 4) is 11.4 Å². The summed E-state index contributed by atoms with van der Waals surface area (Å²) >= 11 is 0. The Labute approximate surface area is 150 Å². The number of hydrogen-bond donors (Lipinski definition) is 2. The Morgan fingerprint density at radius 3 is 2.85 bits per heavy atom. The number of anilines is 1. The van der Waals surface area contributed by atoms with Gasteiger partial charge in [-0.15, -0.1) is 15.3 Å². The van der Waals surface area contributed by atoms with Gasteiger partial charge in [0.05, 0.1) is 5.56 Å². The molecule has 1 spiro atoms. The Morgan fingerprint density at radius 1 is 1.15 bits per heavy atom. The van der Waals surface area contributed by atoms with Crippen LogP contribution >= 0.6 is 0 Å². The van der Waals surface area contributed by atoms with Gasteiger partial charge in [-0.2, -0.15) is 4.52 Å². The molecule has 3 heterocycles. The van der Waals surface area contributed by atoms with Crippen molar-refractivity contribution in [3.63, 3.8) is 0 Å². The highest BCUT2D eigenvalue weighted by molar-refractivity contribution is 5.60. The zero-order valence-corrected chi connectivity index (χ0v) is 14.5. The van der Waals surface area contributed by atoms with E-state index in [4.69, 9.17) is 0 Å². The van der Waals surface area contributed by atoms with Crippen molar-refractivity contribution in [1.29, 1.82) is 0 Å². The van der Waals surface area contributed by atoms with Crippen LogP contribution < -0.4 is 10.6 Å². The van der Waals surface area contributed by atoms with E-state index in [2.05, 4.69) is 25.9 Å². The highest BCUT2D eigenvalue weighted by Crippen LogP contribution is 2.46. The first-order valence-corrected chi connectivity index (χ1v) is 9.17. The maximum absolute atomic E-state index is 14.1. The Morgan fingerprint density at radius 2 is 2.04 bits per heavy atom. The largest absolute Gasteiger partial charge is 0.366 e. The fraction of sp³-hybridized carbons (Fsp3) is 0.421. The van der Waals surface area contributed by atoms with E-state index in [1.54, 1.807) is 22.7 Å². The summed E-state index contributed by atoms with van der Waals surface area (Å²) in [4.78, 5) is 0. The highest BCUT2D eigenvalue weighted by Gasteiger charge is 2.44. The molecular formula is C19H21FN6. The number of nitrogens with zero attached hydrogens (tertiary/aromatic N) is 4. The van der Waals surface area contributed by atoms with E-state index < -0.39 is 0 Å². The number of benzene rings is 1. The summed E-state index contributed by atoms with van der Waals surface area (Å²) in [5.41, 5.74) is 1.48. The summed E-state index contributed by atoms with van der Waals surface area (Å²) < 4.78 is 15.7. The van der Waals surface area contributed by atoms with E-state index in [-0.39, 0.29) is 5.82 Å². The van der Waals surface area contributed by atoms with Crippen LogP contribution in [0.25, 0.3) is 17.0 Å². The number of halogens is 1. The molecule has 0 amide bonds. The summed E-state index contributed by atoms with van der Waals surface area (Å²) in [5, 5.41) is 19.9. The van der Waals surface area contributed by atoms with Gasteiger partial charge in [-0.05, 0) is 61.9 Å². The molecule has 2 aromatic heterocycles. The van der Waals surface area contributed by atoms with Crippen molar-refractivity contribution < 1.29 is 4.39 Å². The van der Waals surface area contributed by atoms with Gasteiger partial charge in [0, 0.05) is 12.6 Å². The Hall–Kier alpha value is -2.54. The molecule has 26 heavy (non-hydrogen) atoms. The third-order valence-corrected chi connectivity index (χ3v) is 5.65. The average Bonchev–Trinajstić information content (AvgIpc) is 3.05. The number of rotatable bonds is 3. The first kappa shape index (κ1) is 15.7. The van der Waals surface area contributed by atoms with Gasteiger partial charge < -0.3 is 10.6 Å². The SMILES string of the molecule is Fc1ccccc1-c1nnc2ccc(NC3CC4(CCCNC4)C3)nn12. The topological polar surface area (TPSA) is 67.1 Å². The summed E-state index contributed by atoms with van der Waals surface area (Å²) in [6.45, 7) is 2.27. The average molecular weight is 352 g/mol. The molecule has 0 bridgehead atoms. The molecule has 1 aromatic carbocycles. The van der Waals surface area contributed by atoms with Gasteiger partial charge in [0.15, 0.2) is 11.5 Å². The quantitative estimate of drug-likeness (QED) is 0.759. The van der Waals surface area contributed by atoms with E-state index in [1.807, 2.05) is 12.1 Å². The molecule has 1 aliphatic carbocycles. The first-order valence-electron chi connectivity index (χ1n) is 9.17. The van der Waals surface area contributed by atoms with E-state index >= 15 is 0 Å². The molecule has 2 aliphatic rings. The zero-order valence-electron chi connectivity index (χ0n) is 14.5. The monoisotopic (exact) mass is 352 g/mol. The van der Waals surface area contributed by atoms with E-state index in [0.717, 1.165) is 18.9 Å². The zero-order chi connectivity index (χ0) is 17.6. The van der Waals surface area contributed by atoms with Crippen LogP contribution in [0.15, 0.2) is 36.4 Å². The van der Waals surface area contributed by atoms with Gasteiger partial charge in [0.1, 0.15) is 11.6 Å². The summed E-state index contributed by atoms with van der Waals surface area (Å²) in [6, 6.07) is 10.8. The van der Waals surface area contributed by atoms with Crippen LogP contribution in [0, 0.1) is 11.2 Å². The summed E-state index contributed by atoms with van der Waals surface area (Å²) in [6.07, 6.45) is 4.92. The van der Waals surface area contributed by atoms with Gasteiger partial charge in [0.2, 0.25) is 0 Å². The van der Waals surface area contributed by atoms with Crippen molar-refractivity contribution in [3.05, 3.63) is 42.2 Å². The fourth-order valence-electron chi connectivity index (χ4n) is 4.35. The third-order valence-electron chi connectivity index (χ3n) is 5.65. The van der Waals surface area contributed by atoms with Crippen LogP contribution in [0.1, 0.15) is 25.7 Å². The van der Waals surface area contributed by atoms with Crippen LogP contribution in [0.4, 0.5) is 10.2 Å². The van der Waals surface area contributed by atoms with E-state index in [1.165, 1.54) is 31.7 Å². The summed E-state index contributed by atoms with van der Waals surface area (Å²) in [7, 11) is 0. The van der Waals surface area contributed by atoms with Crippen molar-refractivity contribution in [2.45, 2.75) is 31.7 Å². The standard InChI is InChI=1S/C19H21FN6/c20-15-5-2-1-4-14(15)18-24-23-17-7-6-16(25-26(17)18)22-13-10-19(11-13)8-3-9-21-12-19/h1-2,4-7,13,21H,3,8-12H2,(H,22,25). The third kappa shape index (κ3) is 2.63. The fourth-order valence-corrected chi connectivity index (χ4v) is 4.35. The molecule has 7 heteroatoms. The highest BCUT2D eigenvalue weighted by atomic mass is 19.1. The molecule has 0 atom stereocenters. The predicted molar refractivity (Wildman–Crippen MR) is 97.4 cm³/mol. The first-order chi connectivity index (χ1) is 12.7. The number of aromatic nitrogens is 4. The van der Waals surface area contributed by atoms with Crippen LogP contribution in [0.3, 0.4) is 0 Å². The van der Waals surface area contributed by atoms with Gasteiger partial charge >= 0.3 is 0 Å². The van der Waals surface area contributed by atoms with Gasteiger partial charge in [-0.3, -0.25) is 0 Å². The Kier molecular flexibility index (Phi) is 3.63. The van der Waals surface area contributed by atoms with Crippen molar-refractivity contribution in [2.75, 3.05) is 18.4 Å². The van der Waals surface area contributed by atoms with Gasteiger partial charge in [-0.1, -0.05) is 12.1 Å². The maximum Gasteiger partial charge on any atom is 0.188 e. The molecule has 0 radical (unpaired) electrons. The second-order valence-electron chi connectivity index (χ2n) is 7.52. The minimum atomic E-state index is -0.326. The number of nitrogens with one attached hydrogen (secondary N) is 2. The molecule has 1 aliphatic heterocycles. The van der Waals surface area contributed by atoms with Crippen LogP contribution in [0.5, 0.6) is 0 Å². The normalized spacial score (nSPS) is 25.3. The second-order valence-corrected chi connectivity index (χ2v) is 7.52. The molecule has 134 valence electrons. The lowest BCUT2D eigenvalue weighted by Gasteiger charge is -2.50. The lowest BCUT2D eigenvalue weighted by Crippen LogP contribution is -2.53. The smallest absolute Gasteiger partial charge is 0.188 e. The van der Waals surface area contributed by atoms with Crippen LogP contribution in [-0.2, 0) is 0 Å². The molecule has 3 aromatic rings. The van der Waals surface area contributed by atoms with Crippen molar-refractivity contribution >= 4 is 11.5 Å². The molecule has 2 fully saturated rings. The Bertz CT molecular complexity index is 938. The number of piperidine rings is 1. The van der Waals surface area contributed by atoms with E-state index in [0.29, 0.717) is 28.5 Å². The molecule has 2 N–H and O–H groups in total. The molecular weight excluding hydrogens is 331 g/mol. The van der Waals surface area contributed by atoms with Crippen molar-refractivity contribution in [1.82, 2.24) is 25.1 Å². The van der Waals surface area contributed by atoms with E-state index in [9.17, 15) is 4.39 Å². The molecule has 5 rings (SSSR count). The van der Waals surface area contributed by atoms with Crippen LogP contribution in [-0.4, -0.2) is 38.9 Å². The second kappa shape index (κ2) is 6.02. The number of fused-ring (bicyclic) bond motifs is 1. The summed E-state index contributed by atoms with van der Waals surface area (Å²) in [5.74, 6) is 0.870. The predicted octanol–water partition coefficient (Wildman–Crippen LogP) is 2.87. The minimum Gasteiger partial charge on any atom is -0.366 e. The number of hydrogen-bond acceptors (Lipinski definition) is 5. The lowest BCUT2D eigenvalue weighted by atomic mass is 9.62. The Balaban J connectivity index is 1.38. The minimum absolute atomic E-state index is 0.326. The molecule has 1 saturated heterocycles. The maximum atomic E-state index is 14.1.